The lowest BCUT2D eigenvalue weighted by Gasteiger charge is -2.06. The molecule has 0 spiro atoms. The minimum absolute atomic E-state index is 0.203. The first-order valence-corrected chi connectivity index (χ1v) is 8.11. The molecule has 0 radical (unpaired) electrons. The summed E-state index contributed by atoms with van der Waals surface area (Å²) >= 11 is 5.72. The van der Waals surface area contributed by atoms with Crippen LogP contribution in [0.2, 0.25) is 5.02 Å². The molecular weight excluding hydrogens is 342 g/mol. The number of hydrogen-bond acceptors (Lipinski definition) is 4. The zero-order valence-corrected chi connectivity index (χ0v) is 14.0. The summed E-state index contributed by atoms with van der Waals surface area (Å²) < 4.78 is 5.00. The van der Waals surface area contributed by atoms with Gasteiger partial charge in [-0.2, -0.15) is 0 Å². The fraction of sp³-hybridized carbons (Fsp3) is 0.167. The number of aryl methyl sites for hydroxylation is 1. The predicted molar refractivity (Wildman–Crippen MR) is 95.5 cm³/mol. The molecule has 0 aliphatic heterocycles. The van der Waals surface area contributed by atoms with Crippen LogP contribution in [0.25, 0.3) is 10.9 Å². The number of halogens is 1. The van der Waals surface area contributed by atoms with E-state index >= 15 is 0 Å². The van der Waals surface area contributed by atoms with Gasteiger partial charge in [0.25, 0.3) is 5.91 Å². The Bertz CT molecular complexity index is 890. The van der Waals surface area contributed by atoms with E-state index in [9.17, 15) is 9.59 Å². The van der Waals surface area contributed by atoms with Gasteiger partial charge in [-0.3, -0.25) is 9.59 Å². The van der Waals surface area contributed by atoms with Crippen LogP contribution in [0, 0.1) is 0 Å². The van der Waals surface area contributed by atoms with Crippen molar-refractivity contribution < 1.29 is 14.3 Å². The number of benzene rings is 1. The molecule has 6 nitrogen and oxygen atoms in total. The quantitative estimate of drug-likeness (QED) is 0.663. The summed E-state index contributed by atoms with van der Waals surface area (Å²) in [5, 5.41) is 4.09. The first kappa shape index (κ1) is 17.0. The SMILES string of the molecule is O=C(COC(=O)CCc1c[nH]c2ccccc12)Nc1ccc(Cl)cn1. The average Bonchev–Trinajstić information content (AvgIpc) is 3.03. The minimum Gasteiger partial charge on any atom is -0.456 e. The number of hydrogen-bond donors (Lipinski definition) is 2. The van der Waals surface area contributed by atoms with Crippen molar-refractivity contribution in [2.24, 2.45) is 0 Å². The molecule has 3 aromatic rings. The Morgan fingerprint density at radius 3 is 2.84 bits per heavy atom. The number of anilines is 1. The molecule has 25 heavy (non-hydrogen) atoms. The average molecular weight is 358 g/mol. The van der Waals surface area contributed by atoms with E-state index in [0.717, 1.165) is 16.5 Å². The van der Waals surface area contributed by atoms with Gasteiger partial charge in [0.15, 0.2) is 6.61 Å². The Morgan fingerprint density at radius 1 is 1.20 bits per heavy atom. The van der Waals surface area contributed by atoms with Gasteiger partial charge in [-0.15, -0.1) is 0 Å². The maximum atomic E-state index is 11.8. The van der Waals surface area contributed by atoms with E-state index in [1.807, 2.05) is 30.5 Å². The normalized spacial score (nSPS) is 10.6. The molecule has 0 saturated heterocycles. The molecule has 0 bridgehead atoms. The molecule has 3 rings (SSSR count). The number of amides is 1. The highest BCUT2D eigenvalue weighted by atomic mass is 35.5. The second-order valence-electron chi connectivity index (χ2n) is 5.43. The Balaban J connectivity index is 1.44. The molecule has 0 aliphatic rings. The number of H-pyrrole nitrogens is 1. The van der Waals surface area contributed by atoms with E-state index in [4.69, 9.17) is 16.3 Å². The zero-order chi connectivity index (χ0) is 17.6. The van der Waals surface area contributed by atoms with Gasteiger partial charge in [0.1, 0.15) is 5.82 Å². The topological polar surface area (TPSA) is 84.1 Å². The van der Waals surface area contributed by atoms with E-state index in [1.54, 1.807) is 12.1 Å². The number of aromatic amines is 1. The molecule has 2 heterocycles. The van der Waals surface area contributed by atoms with Crippen LogP contribution in [-0.4, -0.2) is 28.5 Å². The first-order chi connectivity index (χ1) is 12.1. The zero-order valence-electron chi connectivity index (χ0n) is 13.3. The van der Waals surface area contributed by atoms with Crippen molar-refractivity contribution >= 4 is 40.2 Å². The summed E-state index contributed by atoms with van der Waals surface area (Å²) in [6, 6.07) is 11.1. The minimum atomic E-state index is -0.449. The molecule has 7 heteroatoms. The van der Waals surface area contributed by atoms with Crippen molar-refractivity contribution in [2.45, 2.75) is 12.8 Å². The smallest absolute Gasteiger partial charge is 0.306 e. The highest BCUT2D eigenvalue weighted by molar-refractivity contribution is 6.30. The van der Waals surface area contributed by atoms with Crippen molar-refractivity contribution in [1.29, 1.82) is 0 Å². The number of esters is 1. The van der Waals surface area contributed by atoms with E-state index in [1.165, 1.54) is 6.20 Å². The van der Waals surface area contributed by atoms with Crippen LogP contribution >= 0.6 is 11.6 Å². The second kappa shape index (κ2) is 7.81. The number of ether oxygens (including phenoxy) is 1. The Kier molecular flexibility index (Phi) is 5.30. The highest BCUT2D eigenvalue weighted by Crippen LogP contribution is 2.19. The van der Waals surface area contributed by atoms with Crippen molar-refractivity contribution in [2.75, 3.05) is 11.9 Å². The van der Waals surface area contributed by atoms with Gasteiger partial charge in [0, 0.05) is 29.7 Å². The lowest BCUT2D eigenvalue weighted by Crippen LogP contribution is -2.21. The van der Waals surface area contributed by atoms with Gasteiger partial charge in [0.05, 0.1) is 5.02 Å². The number of nitrogens with one attached hydrogen (secondary N) is 2. The van der Waals surface area contributed by atoms with Crippen LogP contribution in [0.3, 0.4) is 0 Å². The summed E-state index contributed by atoms with van der Waals surface area (Å²) in [5.41, 5.74) is 2.07. The Morgan fingerprint density at radius 2 is 2.04 bits per heavy atom. The third-order valence-electron chi connectivity index (χ3n) is 3.63. The van der Waals surface area contributed by atoms with Crippen LogP contribution in [-0.2, 0) is 20.7 Å². The van der Waals surface area contributed by atoms with Crippen molar-refractivity contribution in [3.8, 4) is 0 Å². The number of para-hydroxylation sites is 1. The van der Waals surface area contributed by atoms with E-state index in [2.05, 4.69) is 15.3 Å². The summed E-state index contributed by atoms with van der Waals surface area (Å²) in [5.74, 6) is -0.524. The number of fused-ring (bicyclic) bond motifs is 1. The first-order valence-electron chi connectivity index (χ1n) is 7.74. The second-order valence-corrected chi connectivity index (χ2v) is 5.87. The molecule has 128 valence electrons. The molecule has 0 atom stereocenters. The third kappa shape index (κ3) is 4.58. The Hall–Kier alpha value is -2.86. The lowest BCUT2D eigenvalue weighted by atomic mass is 10.1. The summed E-state index contributed by atoms with van der Waals surface area (Å²) in [6.07, 6.45) is 4.05. The van der Waals surface area contributed by atoms with Gasteiger partial charge in [-0.1, -0.05) is 29.8 Å². The molecule has 1 aromatic carbocycles. The van der Waals surface area contributed by atoms with E-state index in [0.29, 0.717) is 17.3 Å². The van der Waals surface area contributed by atoms with Gasteiger partial charge in [-0.05, 0) is 30.2 Å². The van der Waals surface area contributed by atoms with E-state index in [-0.39, 0.29) is 13.0 Å². The number of carbonyl (C=O) groups is 2. The third-order valence-corrected chi connectivity index (χ3v) is 3.86. The van der Waals surface area contributed by atoms with Crippen molar-refractivity contribution in [3.63, 3.8) is 0 Å². The summed E-state index contributed by atoms with van der Waals surface area (Å²) in [6.45, 7) is -0.350. The predicted octanol–water partition coefficient (Wildman–Crippen LogP) is 3.33. The van der Waals surface area contributed by atoms with Crippen molar-refractivity contribution in [3.05, 3.63) is 59.4 Å². The molecule has 0 saturated carbocycles. The molecule has 0 unspecified atom stereocenters. The maximum Gasteiger partial charge on any atom is 0.306 e. The molecule has 2 N–H and O–H groups in total. The number of nitrogens with zero attached hydrogens (tertiary/aromatic N) is 1. The standard InChI is InChI=1S/C18H16ClN3O3/c19-13-6-7-16(21-10-13)22-17(23)11-25-18(24)8-5-12-9-20-15-4-2-1-3-14(12)15/h1-4,6-7,9-10,20H,5,8,11H2,(H,21,22,23). The molecule has 0 aliphatic carbocycles. The van der Waals surface area contributed by atoms with Crippen LogP contribution in [0.1, 0.15) is 12.0 Å². The number of rotatable bonds is 6. The van der Waals surface area contributed by atoms with Gasteiger partial charge >= 0.3 is 5.97 Å². The molecule has 0 fully saturated rings. The van der Waals surface area contributed by atoms with Gasteiger partial charge in [-0.25, -0.2) is 4.98 Å². The lowest BCUT2D eigenvalue weighted by molar-refractivity contribution is -0.147. The fourth-order valence-corrected chi connectivity index (χ4v) is 2.53. The maximum absolute atomic E-state index is 11.8. The van der Waals surface area contributed by atoms with Crippen LogP contribution in [0.15, 0.2) is 48.8 Å². The Labute approximate surface area is 149 Å². The van der Waals surface area contributed by atoms with Gasteiger partial charge in [0.2, 0.25) is 0 Å². The number of pyridine rings is 1. The number of aromatic nitrogens is 2. The summed E-state index contributed by atoms with van der Waals surface area (Å²) in [7, 11) is 0. The van der Waals surface area contributed by atoms with Gasteiger partial charge < -0.3 is 15.0 Å². The number of carbonyl (C=O) groups excluding carboxylic acids is 2. The molecule has 2 aromatic heterocycles. The molecular formula is C18H16ClN3O3. The highest BCUT2D eigenvalue weighted by Gasteiger charge is 2.10. The fourth-order valence-electron chi connectivity index (χ4n) is 2.42. The monoisotopic (exact) mass is 357 g/mol. The van der Waals surface area contributed by atoms with Crippen LogP contribution < -0.4 is 5.32 Å². The summed E-state index contributed by atoms with van der Waals surface area (Å²) in [4.78, 5) is 30.7. The molecule has 1 amide bonds. The largest absolute Gasteiger partial charge is 0.456 e. The van der Waals surface area contributed by atoms with Crippen LogP contribution in [0.4, 0.5) is 5.82 Å². The van der Waals surface area contributed by atoms with Crippen molar-refractivity contribution in [1.82, 2.24) is 9.97 Å². The van der Waals surface area contributed by atoms with Crippen LogP contribution in [0.5, 0.6) is 0 Å². The van der Waals surface area contributed by atoms with E-state index < -0.39 is 11.9 Å².